The number of aliphatic hydroxyl groups is 1. The summed E-state index contributed by atoms with van der Waals surface area (Å²) in [4.78, 5) is 13.2. The summed E-state index contributed by atoms with van der Waals surface area (Å²) in [6, 6.07) is 3.73. The minimum atomic E-state index is -4.40. The van der Waals surface area contributed by atoms with Gasteiger partial charge in [-0.2, -0.15) is 18.2 Å². The van der Waals surface area contributed by atoms with Crippen molar-refractivity contribution >= 4 is 35.1 Å². The first kappa shape index (κ1) is 28.8. The largest absolute Gasteiger partial charge is 0.478 e. The molecule has 8 nitrogen and oxygen atoms in total. The van der Waals surface area contributed by atoms with Crippen molar-refractivity contribution in [2.75, 3.05) is 30.4 Å². The Balaban J connectivity index is 0.00000380. The van der Waals surface area contributed by atoms with E-state index in [1.165, 1.54) is 0 Å². The van der Waals surface area contributed by atoms with Crippen LogP contribution in [0.2, 0.25) is 0 Å². The molecule has 1 aliphatic rings. The standard InChI is InChI=1S/C25H32F3N5O3.ClH/c1-4-9-35-20-11-17-10-19(36-22(17)15(3)30-20)21-14(2)31-24(29-13-25(26,27)28)33-23(21)32-18-7-5-16(12-34)6-8-18;/h10-11,16,18,34H,4-9,12-13H2,1-3H3,(H2,29,31,32,33);1H. The molecule has 0 bridgehead atoms. The van der Waals surface area contributed by atoms with Gasteiger partial charge in [0.05, 0.1) is 23.6 Å². The molecule has 3 heterocycles. The second-order valence-electron chi connectivity index (χ2n) is 9.29. The van der Waals surface area contributed by atoms with Gasteiger partial charge in [0.2, 0.25) is 11.8 Å². The van der Waals surface area contributed by atoms with Crippen LogP contribution in [-0.2, 0) is 0 Å². The summed E-state index contributed by atoms with van der Waals surface area (Å²) in [5.41, 5.74) is 2.34. The highest BCUT2D eigenvalue weighted by atomic mass is 35.5. The van der Waals surface area contributed by atoms with Crippen LogP contribution < -0.4 is 15.4 Å². The first-order valence-corrected chi connectivity index (χ1v) is 12.3. The molecule has 0 aliphatic heterocycles. The van der Waals surface area contributed by atoms with Crippen molar-refractivity contribution in [2.45, 2.75) is 65.1 Å². The smallest absolute Gasteiger partial charge is 0.405 e. The van der Waals surface area contributed by atoms with E-state index in [1.807, 2.05) is 26.0 Å². The third-order valence-electron chi connectivity index (χ3n) is 6.33. The van der Waals surface area contributed by atoms with Gasteiger partial charge in [-0.15, -0.1) is 12.4 Å². The molecule has 1 aliphatic carbocycles. The van der Waals surface area contributed by atoms with Crippen LogP contribution >= 0.6 is 12.4 Å². The van der Waals surface area contributed by atoms with Crippen LogP contribution in [0.3, 0.4) is 0 Å². The third kappa shape index (κ3) is 7.16. The molecule has 3 aromatic heterocycles. The average Bonchev–Trinajstić information content (AvgIpc) is 3.25. The lowest BCUT2D eigenvalue weighted by Gasteiger charge is -2.29. The summed E-state index contributed by atoms with van der Waals surface area (Å²) in [6.45, 7) is 5.05. The summed E-state index contributed by atoms with van der Waals surface area (Å²) >= 11 is 0. The minimum absolute atomic E-state index is 0. The Labute approximate surface area is 219 Å². The van der Waals surface area contributed by atoms with Crippen molar-refractivity contribution in [2.24, 2.45) is 5.92 Å². The van der Waals surface area contributed by atoms with Crippen LogP contribution in [0.4, 0.5) is 24.9 Å². The van der Waals surface area contributed by atoms with Crippen LogP contribution in [0.15, 0.2) is 16.5 Å². The highest BCUT2D eigenvalue weighted by Gasteiger charge is 2.28. The monoisotopic (exact) mass is 543 g/mol. The summed E-state index contributed by atoms with van der Waals surface area (Å²) < 4.78 is 50.3. The number of nitrogens with one attached hydrogen (secondary N) is 2. The van der Waals surface area contributed by atoms with Crippen molar-refractivity contribution < 1.29 is 27.4 Å². The van der Waals surface area contributed by atoms with Crippen molar-refractivity contribution in [1.29, 1.82) is 0 Å². The third-order valence-corrected chi connectivity index (χ3v) is 6.33. The molecular weight excluding hydrogens is 511 g/mol. The van der Waals surface area contributed by atoms with Gasteiger partial charge >= 0.3 is 6.18 Å². The number of aromatic nitrogens is 3. The average molecular weight is 544 g/mol. The Morgan fingerprint density at radius 2 is 1.81 bits per heavy atom. The van der Waals surface area contributed by atoms with Gasteiger partial charge in [0.25, 0.3) is 0 Å². The fourth-order valence-electron chi connectivity index (χ4n) is 4.49. The van der Waals surface area contributed by atoms with Gasteiger partial charge in [0, 0.05) is 24.1 Å². The predicted octanol–water partition coefficient (Wildman–Crippen LogP) is 6.05. The Hall–Kier alpha value is -2.79. The molecule has 3 aromatic rings. The van der Waals surface area contributed by atoms with Crippen molar-refractivity contribution in [3.63, 3.8) is 0 Å². The number of hydrogen-bond donors (Lipinski definition) is 3. The second-order valence-corrected chi connectivity index (χ2v) is 9.29. The molecule has 1 saturated carbocycles. The molecule has 0 saturated heterocycles. The first-order chi connectivity index (χ1) is 17.2. The molecular formula is C25H33ClF3N5O3. The highest BCUT2D eigenvalue weighted by molar-refractivity contribution is 5.88. The zero-order valence-electron chi connectivity index (χ0n) is 21.1. The van der Waals surface area contributed by atoms with Crippen molar-refractivity contribution in [3.8, 4) is 17.2 Å². The maximum absolute atomic E-state index is 12.8. The summed E-state index contributed by atoms with van der Waals surface area (Å²) in [7, 11) is 0. The molecule has 1 fully saturated rings. The number of pyridine rings is 1. The van der Waals surface area contributed by atoms with Crippen LogP contribution in [0, 0.1) is 19.8 Å². The molecule has 4 rings (SSSR count). The van der Waals surface area contributed by atoms with E-state index in [9.17, 15) is 18.3 Å². The van der Waals surface area contributed by atoms with Gasteiger partial charge in [-0.1, -0.05) is 6.92 Å². The SMILES string of the molecule is CCCOc1cc2cc(-c3c(C)nc(NCC(F)(F)F)nc3NC3CCC(CO)CC3)oc2c(C)n1.Cl. The number of rotatable bonds is 9. The van der Waals surface area contributed by atoms with Crippen LogP contribution in [-0.4, -0.2) is 52.0 Å². The van der Waals surface area contributed by atoms with Crippen LogP contribution in [0.1, 0.15) is 50.4 Å². The van der Waals surface area contributed by atoms with E-state index < -0.39 is 12.7 Å². The minimum Gasteiger partial charge on any atom is -0.478 e. The Bertz CT molecular complexity index is 1200. The lowest BCUT2D eigenvalue weighted by atomic mass is 9.86. The van der Waals surface area contributed by atoms with E-state index in [0.29, 0.717) is 46.6 Å². The van der Waals surface area contributed by atoms with E-state index in [2.05, 4.69) is 25.6 Å². The van der Waals surface area contributed by atoms with Gasteiger partial charge in [-0.05, 0) is 57.9 Å². The zero-order chi connectivity index (χ0) is 25.9. The van der Waals surface area contributed by atoms with E-state index in [4.69, 9.17) is 9.15 Å². The molecule has 0 amide bonds. The molecule has 204 valence electrons. The number of aliphatic hydroxyl groups excluding tert-OH is 1. The fraction of sp³-hybridized carbons (Fsp3) is 0.560. The molecule has 0 unspecified atom stereocenters. The molecule has 3 N–H and O–H groups in total. The molecule has 0 spiro atoms. The number of aryl methyl sites for hydroxylation is 2. The fourth-order valence-corrected chi connectivity index (χ4v) is 4.49. The quantitative estimate of drug-likeness (QED) is 0.299. The number of anilines is 2. The first-order valence-electron chi connectivity index (χ1n) is 12.3. The number of alkyl halides is 3. The Morgan fingerprint density at radius 1 is 1.08 bits per heavy atom. The van der Waals surface area contributed by atoms with E-state index >= 15 is 0 Å². The molecule has 0 aromatic carbocycles. The van der Waals surface area contributed by atoms with Gasteiger partial charge in [-0.25, -0.2) is 9.97 Å². The number of hydrogen-bond acceptors (Lipinski definition) is 8. The Morgan fingerprint density at radius 3 is 2.46 bits per heavy atom. The van der Waals surface area contributed by atoms with Crippen LogP contribution in [0.25, 0.3) is 22.3 Å². The lowest BCUT2D eigenvalue weighted by Crippen LogP contribution is -2.28. The van der Waals surface area contributed by atoms with Gasteiger partial charge in [0.15, 0.2) is 5.58 Å². The zero-order valence-corrected chi connectivity index (χ0v) is 21.9. The summed E-state index contributed by atoms with van der Waals surface area (Å²) in [5.74, 6) is 1.58. The van der Waals surface area contributed by atoms with Crippen molar-refractivity contribution in [3.05, 3.63) is 23.5 Å². The number of ether oxygens (including phenoxy) is 1. The van der Waals surface area contributed by atoms with Gasteiger partial charge in [-0.3, -0.25) is 0 Å². The highest BCUT2D eigenvalue weighted by Crippen LogP contribution is 2.37. The molecule has 37 heavy (non-hydrogen) atoms. The molecule has 12 heteroatoms. The maximum Gasteiger partial charge on any atom is 0.405 e. The second kappa shape index (κ2) is 12.2. The maximum atomic E-state index is 12.8. The number of furan rings is 1. The normalized spacial score (nSPS) is 17.9. The lowest BCUT2D eigenvalue weighted by molar-refractivity contribution is -0.115. The van der Waals surface area contributed by atoms with E-state index in [-0.39, 0.29) is 36.9 Å². The van der Waals surface area contributed by atoms with Crippen LogP contribution in [0.5, 0.6) is 5.88 Å². The Kier molecular flexibility index (Phi) is 9.46. The van der Waals surface area contributed by atoms with E-state index in [0.717, 1.165) is 37.5 Å². The number of halogens is 4. The topological polar surface area (TPSA) is 105 Å². The number of fused-ring (bicyclic) bond motifs is 1. The molecule has 0 atom stereocenters. The summed E-state index contributed by atoms with van der Waals surface area (Å²) in [6.07, 6.45) is -0.171. The predicted molar refractivity (Wildman–Crippen MR) is 139 cm³/mol. The van der Waals surface area contributed by atoms with Crippen molar-refractivity contribution in [1.82, 2.24) is 15.0 Å². The number of nitrogens with zero attached hydrogens (tertiary/aromatic N) is 3. The molecule has 0 radical (unpaired) electrons. The van der Waals surface area contributed by atoms with Gasteiger partial charge in [0.1, 0.15) is 18.1 Å². The summed E-state index contributed by atoms with van der Waals surface area (Å²) in [5, 5.41) is 15.9. The van der Waals surface area contributed by atoms with E-state index in [1.54, 1.807) is 6.92 Å². The van der Waals surface area contributed by atoms with Gasteiger partial charge < -0.3 is 24.9 Å².